The van der Waals surface area contributed by atoms with Crippen LogP contribution >= 0.6 is 35.0 Å². The van der Waals surface area contributed by atoms with Crippen molar-refractivity contribution in [2.24, 2.45) is 4.99 Å². The smallest absolute Gasteiger partial charge is 0.240 e. The Morgan fingerprint density at radius 2 is 1.76 bits per heavy atom. The average Bonchev–Trinajstić information content (AvgIpc) is 3.25. The van der Waals surface area contributed by atoms with E-state index in [1.807, 2.05) is 12.1 Å². The van der Waals surface area contributed by atoms with Gasteiger partial charge in [0.25, 0.3) is 0 Å². The van der Waals surface area contributed by atoms with Crippen LogP contribution in [0.2, 0.25) is 10.0 Å². The minimum atomic E-state index is -0.575. The molecule has 196 valence electrons. The summed E-state index contributed by atoms with van der Waals surface area (Å²) in [6, 6.07) is 20.2. The van der Waals surface area contributed by atoms with Crippen molar-refractivity contribution in [3.8, 4) is 11.5 Å². The number of carbonyl (C=O) groups is 2. The molecule has 1 saturated heterocycles. The molecule has 0 radical (unpaired) electrons. The van der Waals surface area contributed by atoms with Crippen molar-refractivity contribution >= 4 is 63.3 Å². The van der Waals surface area contributed by atoms with Gasteiger partial charge in [-0.3, -0.25) is 9.59 Å². The highest BCUT2D eigenvalue weighted by atomic mass is 35.5. The van der Waals surface area contributed by atoms with E-state index in [9.17, 15) is 9.59 Å². The average molecular weight is 569 g/mol. The van der Waals surface area contributed by atoms with E-state index in [2.05, 4.69) is 27.8 Å². The highest BCUT2D eigenvalue weighted by Gasteiger charge is 2.32. The summed E-state index contributed by atoms with van der Waals surface area (Å²) in [5.74, 6) is 0.922. The first kappa shape index (κ1) is 26.6. The lowest BCUT2D eigenvalue weighted by Gasteiger charge is -2.21. The molecule has 6 nitrogen and oxygen atoms in total. The second-order valence-electron chi connectivity index (χ2n) is 9.36. The standard InChI is InChI=1S/C29H27Cl2N3O3S/c30-20-12-15-24(22(31)16-20)37-25-9-5-4-8-23(25)33-27(35)17-26-28(36)34-29(38-26)32-21-13-10-19(11-14-21)18-6-2-1-3-7-18/h4-5,8-16,18,26H,1-3,6-7,17H2,(H,33,35)(H,32,34,36)/t26-/m1/s1. The summed E-state index contributed by atoms with van der Waals surface area (Å²) in [5, 5.41) is 6.42. The number of rotatable bonds is 7. The number of para-hydroxylation sites is 2. The van der Waals surface area contributed by atoms with E-state index >= 15 is 0 Å². The molecule has 2 aliphatic rings. The Balaban J connectivity index is 1.19. The lowest BCUT2D eigenvalue weighted by atomic mass is 9.84. The molecule has 38 heavy (non-hydrogen) atoms. The maximum atomic E-state index is 12.8. The van der Waals surface area contributed by atoms with Crippen LogP contribution in [0.25, 0.3) is 0 Å². The fourth-order valence-electron chi connectivity index (χ4n) is 4.67. The number of nitrogens with zero attached hydrogens (tertiary/aromatic N) is 1. The van der Waals surface area contributed by atoms with E-state index in [0.717, 1.165) is 5.69 Å². The zero-order valence-corrected chi connectivity index (χ0v) is 22.9. The Morgan fingerprint density at radius 3 is 2.53 bits per heavy atom. The van der Waals surface area contributed by atoms with Crippen LogP contribution in [0, 0.1) is 0 Å². The number of nitrogens with one attached hydrogen (secondary N) is 2. The van der Waals surface area contributed by atoms with Gasteiger partial charge in [-0.2, -0.15) is 0 Å². The third-order valence-corrected chi connectivity index (χ3v) is 8.23. The quantitative estimate of drug-likeness (QED) is 0.302. The third kappa shape index (κ3) is 6.70. The Morgan fingerprint density at radius 1 is 1.00 bits per heavy atom. The largest absolute Gasteiger partial charge is 0.454 e. The molecular weight excluding hydrogens is 541 g/mol. The van der Waals surface area contributed by atoms with E-state index in [0.29, 0.717) is 38.3 Å². The van der Waals surface area contributed by atoms with Crippen molar-refractivity contribution < 1.29 is 14.3 Å². The van der Waals surface area contributed by atoms with Crippen molar-refractivity contribution in [1.29, 1.82) is 0 Å². The number of thioether (sulfide) groups is 1. The molecule has 3 aromatic carbocycles. The molecule has 0 bridgehead atoms. The van der Waals surface area contributed by atoms with Gasteiger partial charge < -0.3 is 15.4 Å². The van der Waals surface area contributed by atoms with Gasteiger partial charge in [-0.05, 0) is 66.8 Å². The number of halogens is 2. The predicted molar refractivity (Wildman–Crippen MR) is 155 cm³/mol. The summed E-state index contributed by atoms with van der Waals surface area (Å²) in [6.45, 7) is 0. The van der Waals surface area contributed by atoms with E-state index < -0.39 is 5.25 Å². The number of carbonyl (C=O) groups excluding carboxylic acids is 2. The Kier molecular flexibility index (Phi) is 8.57. The van der Waals surface area contributed by atoms with Crippen molar-refractivity contribution in [2.75, 3.05) is 5.32 Å². The van der Waals surface area contributed by atoms with Gasteiger partial charge in [0.1, 0.15) is 11.0 Å². The lowest BCUT2D eigenvalue weighted by Crippen LogP contribution is -2.28. The minimum absolute atomic E-state index is 0.00776. The number of ether oxygens (including phenoxy) is 1. The van der Waals surface area contributed by atoms with Crippen molar-refractivity contribution in [2.45, 2.75) is 49.7 Å². The number of aliphatic imine (C=N–C) groups is 1. The summed E-state index contributed by atoms with van der Waals surface area (Å²) < 4.78 is 5.91. The summed E-state index contributed by atoms with van der Waals surface area (Å²) in [5.41, 5.74) is 2.61. The van der Waals surface area contributed by atoms with Gasteiger partial charge >= 0.3 is 0 Å². The molecule has 2 fully saturated rings. The normalized spacial score (nSPS) is 18.8. The van der Waals surface area contributed by atoms with E-state index in [1.54, 1.807) is 42.5 Å². The van der Waals surface area contributed by atoms with Crippen LogP contribution in [-0.4, -0.2) is 22.2 Å². The van der Waals surface area contributed by atoms with Crippen LogP contribution in [0.5, 0.6) is 11.5 Å². The molecule has 1 saturated carbocycles. The van der Waals surface area contributed by atoms with Gasteiger partial charge in [-0.15, -0.1) is 0 Å². The van der Waals surface area contributed by atoms with Crippen LogP contribution in [0.3, 0.4) is 0 Å². The first-order valence-electron chi connectivity index (χ1n) is 12.6. The minimum Gasteiger partial charge on any atom is -0.454 e. The molecule has 1 aliphatic heterocycles. The van der Waals surface area contributed by atoms with Crippen LogP contribution in [0.15, 0.2) is 71.7 Å². The molecule has 1 atom stereocenters. The Labute approximate surface area is 236 Å². The number of benzene rings is 3. The molecule has 3 aromatic rings. The zero-order chi connectivity index (χ0) is 26.5. The Bertz CT molecular complexity index is 1360. The van der Waals surface area contributed by atoms with Gasteiger partial charge in [-0.25, -0.2) is 4.99 Å². The summed E-state index contributed by atoms with van der Waals surface area (Å²) in [4.78, 5) is 30.0. The highest BCUT2D eigenvalue weighted by molar-refractivity contribution is 8.15. The molecular formula is C29H27Cl2N3O3S. The van der Waals surface area contributed by atoms with Crippen LogP contribution in [0.4, 0.5) is 11.4 Å². The van der Waals surface area contributed by atoms with Gasteiger partial charge in [-0.1, -0.05) is 78.5 Å². The van der Waals surface area contributed by atoms with Crippen molar-refractivity contribution in [3.63, 3.8) is 0 Å². The van der Waals surface area contributed by atoms with Crippen molar-refractivity contribution in [1.82, 2.24) is 5.32 Å². The molecule has 9 heteroatoms. The first-order valence-corrected chi connectivity index (χ1v) is 14.3. The van der Waals surface area contributed by atoms with Crippen LogP contribution in [0.1, 0.15) is 50.0 Å². The fraction of sp³-hybridized carbons (Fsp3) is 0.276. The number of hydrogen-bond donors (Lipinski definition) is 2. The second kappa shape index (κ2) is 12.2. The van der Waals surface area contributed by atoms with E-state index in [1.165, 1.54) is 49.4 Å². The van der Waals surface area contributed by atoms with E-state index in [4.69, 9.17) is 27.9 Å². The number of hydrogen-bond acceptors (Lipinski definition) is 5. The van der Waals surface area contributed by atoms with Gasteiger partial charge in [0.15, 0.2) is 10.9 Å². The summed E-state index contributed by atoms with van der Waals surface area (Å²) >= 11 is 13.5. The molecule has 2 amide bonds. The fourth-order valence-corrected chi connectivity index (χ4v) is 6.11. The molecule has 0 unspecified atom stereocenters. The maximum absolute atomic E-state index is 12.8. The van der Waals surface area contributed by atoms with Gasteiger partial charge in [0.05, 0.1) is 16.4 Å². The third-order valence-electron chi connectivity index (χ3n) is 6.62. The summed E-state index contributed by atoms with van der Waals surface area (Å²) in [6.07, 6.45) is 6.40. The highest BCUT2D eigenvalue weighted by Crippen LogP contribution is 2.36. The molecule has 0 spiro atoms. The molecule has 1 aliphatic carbocycles. The van der Waals surface area contributed by atoms with Crippen LogP contribution in [-0.2, 0) is 9.59 Å². The monoisotopic (exact) mass is 567 g/mol. The molecule has 5 rings (SSSR count). The SMILES string of the molecule is O=C(C[C@H]1SC(=Nc2ccc(C3CCCCC3)cc2)NC1=O)Nc1ccccc1Oc1ccc(Cl)cc1Cl. The Hall–Kier alpha value is -3.00. The number of amidine groups is 1. The second-order valence-corrected chi connectivity index (χ2v) is 11.4. The molecule has 0 aromatic heterocycles. The molecule has 1 heterocycles. The van der Waals surface area contributed by atoms with Gasteiger partial charge in [0, 0.05) is 11.4 Å². The predicted octanol–water partition coefficient (Wildman–Crippen LogP) is 8.08. The summed E-state index contributed by atoms with van der Waals surface area (Å²) in [7, 11) is 0. The zero-order valence-electron chi connectivity index (χ0n) is 20.6. The number of anilines is 1. The first-order chi connectivity index (χ1) is 18.4. The van der Waals surface area contributed by atoms with Crippen molar-refractivity contribution in [3.05, 3.63) is 82.3 Å². The maximum Gasteiger partial charge on any atom is 0.240 e. The van der Waals surface area contributed by atoms with Crippen LogP contribution < -0.4 is 15.4 Å². The number of amides is 2. The molecule has 2 N–H and O–H groups in total. The topological polar surface area (TPSA) is 79.8 Å². The van der Waals surface area contributed by atoms with E-state index in [-0.39, 0.29) is 18.2 Å². The van der Waals surface area contributed by atoms with Gasteiger partial charge in [0.2, 0.25) is 11.8 Å². The lowest BCUT2D eigenvalue weighted by molar-refractivity contribution is -0.122.